The molecule has 3 atom stereocenters. The average Bonchev–Trinajstić information content (AvgIpc) is 3.29. The lowest BCUT2D eigenvalue weighted by Gasteiger charge is -2.21. The second kappa shape index (κ2) is 8.32. The molecule has 0 radical (unpaired) electrons. The summed E-state index contributed by atoms with van der Waals surface area (Å²) in [6.07, 6.45) is 3.36. The summed E-state index contributed by atoms with van der Waals surface area (Å²) < 4.78 is 5.35. The predicted molar refractivity (Wildman–Crippen MR) is 108 cm³/mol. The normalized spacial score (nSPS) is 22.3. The van der Waals surface area contributed by atoms with Gasteiger partial charge in [-0.2, -0.15) is 0 Å². The summed E-state index contributed by atoms with van der Waals surface area (Å²) in [6, 6.07) is 8.74. The van der Waals surface area contributed by atoms with Gasteiger partial charge < -0.3 is 10.1 Å². The Hall–Kier alpha value is -2.74. The van der Waals surface area contributed by atoms with Crippen molar-refractivity contribution in [3.05, 3.63) is 41.4 Å². The van der Waals surface area contributed by atoms with E-state index in [9.17, 15) is 14.4 Å². The Morgan fingerprint density at radius 1 is 1.21 bits per heavy atom. The summed E-state index contributed by atoms with van der Waals surface area (Å²) in [5.74, 6) is -1.58. The van der Waals surface area contributed by atoms with E-state index in [1.807, 2.05) is 35.7 Å². The van der Waals surface area contributed by atoms with E-state index in [4.69, 9.17) is 4.74 Å². The fourth-order valence-electron chi connectivity index (χ4n) is 4.02. The molecule has 2 unspecified atom stereocenters. The summed E-state index contributed by atoms with van der Waals surface area (Å²) in [6.45, 7) is 1.55. The van der Waals surface area contributed by atoms with E-state index in [0.717, 1.165) is 36.3 Å². The number of para-hydroxylation sites is 1. The molecule has 8 heteroatoms. The molecule has 1 saturated heterocycles. The summed E-state index contributed by atoms with van der Waals surface area (Å²) in [4.78, 5) is 43.3. The number of hydrogen-bond acceptors (Lipinski definition) is 7. The van der Waals surface area contributed by atoms with Gasteiger partial charge in [-0.1, -0.05) is 31.0 Å². The first-order valence-corrected chi connectivity index (χ1v) is 10.7. The fourth-order valence-corrected chi connectivity index (χ4v) is 4.73. The molecule has 0 bridgehead atoms. The second-order valence-corrected chi connectivity index (χ2v) is 8.32. The molecule has 7 nitrogen and oxygen atoms in total. The van der Waals surface area contributed by atoms with Gasteiger partial charge in [-0.3, -0.25) is 14.5 Å². The lowest BCUT2D eigenvalue weighted by molar-refractivity contribution is -0.159. The van der Waals surface area contributed by atoms with Crippen LogP contribution in [0.2, 0.25) is 0 Å². The number of likely N-dealkylation sites (tertiary alicyclic amines) is 1. The van der Waals surface area contributed by atoms with Crippen molar-refractivity contribution < 1.29 is 19.1 Å². The summed E-state index contributed by atoms with van der Waals surface area (Å²) in [7, 11) is 0. The van der Waals surface area contributed by atoms with Gasteiger partial charge in [0.05, 0.1) is 17.5 Å². The van der Waals surface area contributed by atoms with E-state index in [1.54, 1.807) is 6.92 Å². The standard InChI is InChI=1S/C21H23N3O4S/c1-13(24-18(25)16-9-5-6-10-17(16)19(24)26)20(27)28-11-15-12-29-21(23-15)22-14-7-3-2-4-8-14/h2-4,7-8,12-13,16-17H,5-6,9-11H2,1H3,(H,22,23)/t13-,16?,17?/m0/s1. The predicted octanol–water partition coefficient (Wildman–Crippen LogP) is 3.49. The first-order chi connectivity index (χ1) is 14.0. The van der Waals surface area contributed by atoms with Crippen LogP contribution in [-0.2, 0) is 25.7 Å². The zero-order valence-electron chi connectivity index (χ0n) is 16.2. The molecule has 1 aliphatic heterocycles. The molecule has 29 heavy (non-hydrogen) atoms. The van der Waals surface area contributed by atoms with Crippen molar-refractivity contribution >= 4 is 39.9 Å². The zero-order chi connectivity index (χ0) is 20.4. The number of carbonyl (C=O) groups is 3. The first kappa shape index (κ1) is 19.6. The quantitative estimate of drug-likeness (QED) is 0.576. The molecule has 1 aliphatic carbocycles. The number of imide groups is 1. The smallest absolute Gasteiger partial charge is 0.329 e. The van der Waals surface area contributed by atoms with E-state index < -0.39 is 12.0 Å². The van der Waals surface area contributed by atoms with Gasteiger partial charge in [0.1, 0.15) is 12.6 Å². The van der Waals surface area contributed by atoms with Crippen LogP contribution in [0.5, 0.6) is 0 Å². The largest absolute Gasteiger partial charge is 0.458 e. The highest BCUT2D eigenvalue weighted by Gasteiger charge is 2.51. The highest BCUT2D eigenvalue weighted by atomic mass is 32.1. The number of rotatable bonds is 6. The average molecular weight is 413 g/mol. The maximum absolute atomic E-state index is 12.6. The molecule has 152 valence electrons. The minimum atomic E-state index is -0.916. The Morgan fingerprint density at radius 3 is 2.52 bits per heavy atom. The van der Waals surface area contributed by atoms with Crippen molar-refractivity contribution in [1.82, 2.24) is 9.88 Å². The number of hydrogen-bond donors (Lipinski definition) is 1. The number of anilines is 2. The Balaban J connectivity index is 1.34. The van der Waals surface area contributed by atoms with Crippen LogP contribution in [0.3, 0.4) is 0 Å². The molecular formula is C21H23N3O4S. The van der Waals surface area contributed by atoms with Crippen LogP contribution in [0.1, 0.15) is 38.3 Å². The number of aromatic nitrogens is 1. The molecule has 2 amide bonds. The fraction of sp³-hybridized carbons (Fsp3) is 0.429. The number of amides is 2. The van der Waals surface area contributed by atoms with Crippen molar-refractivity contribution in [1.29, 1.82) is 0 Å². The molecule has 1 aromatic heterocycles. The number of fused-ring (bicyclic) bond motifs is 1. The van der Waals surface area contributed by atoms with E-state index in [0.29, 0.717) is 10.8 Å². The minimum Gasteiger partial charge on any atom is -0.458 e. The monoisotopic (exact) mass is 413 g/mol. The Morgan fingerprint density at radius 2 is 1.86 bits per heavy atom. The van der Waals surface area contributed by atoms with E-state index in [1.165, 1.54) is 11.3 Å². The third-order valence-corrected chi connectivity index (χ3v) is 6.35. The van der Waals surface area contributed by atoms with Gasteiger partial charge in [-0.15, -0.1) is 11.3 Å². The van der Waals surface area contributed by atoms with Crippen LogP contribution in [0.25, 0.3) is 0 Å². The first-order valence-electron chi connectivity index (χ1n) is 9.84. The number of thiazole rings is 1. The van der Waals surface area contributed by atoms with Crippen LogP contribution in [0, 0.1) is 11.8 Å². The van der Waals surface area contributed by atoms with Gasteiger partial charge in [-0.25, -0.2) is 9.78 Å². The second-order valence-electron chi connectivity index (χ2n) is 7.46. The number of benzene rings is 1. The van der Waals surface area contributed by atoms with Gasteiger partial charge in [0, 0.05) is 11.1 Å². The van der Waals surface area contributed by atoms with Gasteiger partial charge in [-0.05, 0) is 31.9 Å². The zero-order valence-corrected chi connectivity index (χ0v) is 17.0. The third-order valence-electron chi connectivity index (χ3n) is 5.54. The van der Waals surface area contributed by atoms with Crippen LogP contribution in [-0.4, -0.2) is 33.7 Å². The van der Waals surface area contributed by atoms with Crippen LogP contribution < -0.4 is 5.32 Å². The van der Waals surface area contributed by atoms with Crippen molar-refractivity contribution in [3.63, 3.8) is 0 Å². The van der Waals surface area contributed by atoms with Crippen LogP contribution >= 0.6 is 11.3 Å². The molecule has 1 N–H and O–H groups in total. The maximum Gasteiger partial charge on any atom is 0.329 e. The molecule has 2 fully saturated rings. The van der Waals surface area contributed by atoms with Crippen LogP contribution in [0.15, 0.2) is 35.7 Å². The summed E-state index contributed by atoms with van der Waals surface area (Å²) in [5.41, 5.74) is 1.54. The lowest BCUT2D eigenvalue weighted by atomic mass is 9.81. The number of esters is 1. The molecular weight excluding hydrogens is 390 g/mol. The number of ether oxygens (including phenoxy) is 1. The van der Waals surface area contributed by atoms with Gasteiger partial charge in [0.25, 0.3) is 0 Å². The molecule has 0 spiro atoms. The van der Waals surface area contributed by atoms with E-state index in [-0.39, 0.29) is 30.3 Å². The Bertz CT molecular complexity index is 890. The van der Waals surface area contributed by atoms with E-state index >= 15 is 0 Å². The molecule has 2 heterocycles. The molecule has 1 saturated carbocycles. The Labute approximate surface area is 173 Å². The Kier molecular flexibility index (Phi) is 5.62. The van der Waals surface area contributed by atoms with Gasteiger partial charge in [0.15, 0.2) is 5.13 Å². The highest BCUT2D eigenvalue weighted by molar-refractivity contribution is 7.13. The molecule has 2 aliphatic rings. The number of nitrogens with one attached hydrogen (secondary N) is 1. The van der Waals surface area contributed by atoms with Gasteiger partial charge >= 0.3 is 5.97 Å². The highest BCUT2D eigenvalue weighted by Crippen LogP contribution is 2.39. The van der Waals surface area contributed by atoms with E-state index in [2.05, 4.69) is 10.3 Å². The van der Waals surface area contributed by atoms with Crippen molar-refractivity contribution in [2.45, 2.75) is 45.3 Å². The van der Waals surface area contributed by atoms with Gasteiger partial charge in [0.2, 0.25) is 11.8 Å². The lowest BCUT2D eigenvalue weighted by Crippen LogP contribution is -2.44. The summed E-state index contributed by atoms with van der Waals surface area (Å²) >= 11 is 1.41. The SMILES string of the molecule is C[C@@H](C(=O)OCc1csc(Nc2ccccc2)n1)N1C(=O)C2CCCCC2C1=O. The molecule has 1 aromatic carbocycles. The molecule has 4 rings (SSSR count). The third kappa shape index (κ3) is 4.03. The molecule has 2 aromatic rings. The summed E-state index contributed by atoms with van der Waals surface area (Å²) in [5, 5.41) is 5.70. The van der Waals surface area contributed by atoms with Crippen LogP contribution in [0.4, 0.5) is 10.8 Å². The maximum atomic E-state index is 12.6. The topological polar surface area (TPSA) is 88.6 Å². The van der Waals surface area contributed by atoms with Crippen molar-refractivity contribution in [3.8, 4) is 0 Å². The van der Waals surface area contributed by atoms with Crippen molar-refractivity contribution in [2.24, 2.45) is 11.8 Å². The minimum absolute atomic E-state index is 0.000773. The number of carbonyl (C=O) groups excluding carboxylic acids is 3. The number of nitrogens with zero attached hydrogens (tertiary/aromatic N) is 2. The van der Waals surface area contributed by atoms with Crippen molar-refractivity contribution in [2.75, 3.05) is 5.32 Å².